The molecule has 0 aliphatic carbocycles. The second-order valence-electron chi connectivity index (χ2n) is 7.18. The van der Waals surface area contributed by atoms with Crippen molar-refractivity contribution < 1.29 is 9.26 Å². The van der Waals surface area contributed by atoms with Gasteiger partial charge < -0.3 is 13.8 Å². The van der Waals surface area contributed by atoms with Gasteiger partial charge in [-0.25, -0.2) is 9.97 Å². The van der Waals surface area contributed by atoms with E-state index < -0.39 is 0 Å². The summed E-state index contributed by atoms with van der Waals surface area (Å²) in [6.45, 7) is 0.593. The van der Waals surface area contributed by atoms with Gasteiger partial charge in [0.25, 0.3) is 5.56 Å². The van der Waals surface area contributed by atoms with E-state index in [9.17, 15) is 4.79 Å². The maximum Gasteiger partial charge on any atom is 0.280 e. The Kier molecular flexibility index (Phi) is 4.80. The molecule has 9 nitrogen and oxygen atoms in total. The first-order valence-electron chi connectivity index (χ1n) is 9.25. The molecule has 2 atom stereocenters. The number of imidazole rings is 1. The number of fused-ring (bicyclic) bond motifs is 1. The number of hydrogen-bond donors (Lipinski definition) is 0. The highest BCUT2D eigenvalue weighted by atomic mass is 35.5. The minimum atomic E-state index is -0.219. The first kappa shape index (κ1) is 19.2. The molecule has 154 valence electrons. The van der Waals surface area contributed by atoms with Crippen LogP contribution in [0.2, 0.25) is 10.0 Å². The van der Waals surface area contributed by atoms with Crippen molar-refractivity contribution in [3.8, 4) is 0 Å². The van der Waals surface area contributed by atoms with Crippen LogP contribution in [-0.2, 0) is 18.3 Å². The number of nitrogens with zero attached hydrogens (tertiary/aromatic N) is 6. The van der Waals surface area contributed by atoms with Gasteiger partial charge in [-0.05, 0) is 24.1 Å². The highest BCUT2D eigenvalue weighted by Crippen LogP contribution is 2.38. The summed E-state index contributed by atoms with van der Waals surface area (Å²) in [6, 6.07) is 5.47. The molecule has 0 bridgehead atoms. The van der Waals surface area contributed by atoms with Crippen molar-refractivity contribution in [3.05, 3.63) is 68.5 Å². The minimum absolute atomic E-state index is 0.0173. The molecular formula is C19H16Cl2N6O3. The van der Waals surface area contributed by atoms with E-state index in [2.05, 4.69) is 20.1 Å². The third-order valence-corrected chi connectivity index (χ3v) is 5.91. The summed E-state index contributed by atoms with van der Waals surface area (Å²) < 4.78 is 14.3. The lowest BCUT2D eigenvalue weighted by atomic mass is 10.00. The van der Waals surface area contributed by atoms with Crippen molar-refractivity contribution in [2.75, 3.05) is 6.61 Å². The highest BCUT2D eigenvalue weighted by Gasteiger charge is 2.31. The molecule has 4 heterocycles. The Hall–Kier alpha value is -2.75. The van der Waals surface area contributed by atoms with Gasteiger partial charge in [0.05, 0.1) is 29.1 Å². The molecule has 1 fully saturated rings. The predicted molar refractivity (Wildman–Crippen MR) is 109 cm³/mol. The van der Waals surface area contributed by atoms with Crippen LogP contribution in [0.5, 0.6) is 0 Å². The Morgan fingerprint density at radius 3 is 2.87 bits per heavy atom. The fourth-order valence-corrected chi connectivity index (χ4v) is 3.89. The van der Waals surface area contributed by atoms with Crippen LogP contribution in [-0.4, -0.2) is 35.8 Å². The maximum atomic E-state index is 12.7. The summed E-state index contributed by atoms with van der Waals surface area (Å²) in [6.07, 6.45) is 3.56. The van der Waals surface area contributed by atoms with Gasteiger partial charge in [-0.3, -0.25) is 9.36 Å². The number of benzene rings is 1. The summed E-state index contributed by atoms with van der Waals surface area (Å²) >= 11 is 12.1. The molecule has 0 N–H and O–H groups in total. The lowest BCUT2D eigenvalue weighted by Crippen LogP contribution is -2.22. The van der Waals surface area contributed by atoms with E-state index in [4.69, 9.17) is 32.5 Å². The zero-order valence-corrected chi connectivity index (χ0v) is 17.3. The van der Waals surface area contributed by atoms with E-state index in [1.165, 1.54) is 10.9 Å². The van der Waals surface area contributed by atoms with Gasteiger partial charge in [-0.15, -0.1) is 0 Å². The summed E-state index contributed by atoms with van der Waals surface area (Å²) in [7, 11) is 1.75. The second-order valence-corrected chi connectivity index (χ2v) is 7.99. The fraction of sp³-hybridized carbons (Fsp3) is 0.316. The van der Waals surface area contributed by atoms with Gasteiger partial charge in [-0.2, -0.15) is 4.98 Å². The van der Waals surface area contributed by atoms with Crippen LogP contribution in [0.4, 0.5) is 0 Å². The SMILES string of the molecule is Cn1cnc2ncn(Cc3nc([C@@H]4CO[C@@H](c5ccc(Cl)c(Cl)c5)C4)no3)c(=O)c21. The average molecular weight is 447 g/mol. The molecule has 3 aromatic heterocycles. The summed E-state index contributed by atoms with van der Waals surface area (Å²) in [4.78, 5) is 25.4. The third-order valence-electron chi connectivity index (χ3n) is 5.17. The summed E-state index contributed by atoms with van der Waals surface area (Å²) in [5, 5.41) is 5.09. The van der Waals surface area contributed by atoms with Crippen molar-refractivity contribution in [3.63, 3.8) is 0 Å². The zero-order chi connectivity index (χ0) is 20.8. The monoisotopic (exact) mass is 446 g/mol. The van der Waals surface area contributed by atoms with Crippen molar-refractivity contribution in [1.82, 2.24) is 29.2 Å². The van der Waals surface area contributed by atoms with Crippen LogP contribution in [0.1, 0.15) is 35.7 Å². The smallest absolute Gasteiger partial charge is 0.280 e. The molecule has 5 rings (SSSR count). The lowest BCUT2D eigenvalue weighted by Gasteiger charge is -2.10. The molecular weight excluding hydrogens is 431 g/mol. The first-order valence-corrected chi connectivity index (χ1v) is 10.0. The van der Waals surface area contributed by atoms with E-state index in [1.807, 2.05) is 12.1 Å². The van der Waals surface area contributed by atoms with Crippen molar-refractivity contribution in [2.24, 2.45) is 7.05 Å². The molecule has 0 radical (unpaired) electrons. The van der Waals surface area contributed by atoms with Crippen LogP contribution in [0.15, 0.2) is 40.2 Å². The van der Waals surface area contributed by atoms with E-state index in [0.717, 1.165) is 5.56 Å². The number of rotatable bonds is 4. The largest absolute Gasteiger partial charge is 0.373 e. The van der Waals surface area contributed by atoms with E-state index in [1.54, 1.807) is 24.0 Å². The summed E-state index contributed by atoms with van der Waals surface area (Å²) in [5.41, 5.74) is 1.56. The Morgan fingerprint density at radius 1 is 1.20 bits per heavy atom. The van der Waals surface area contributed by atoms with Gasteiger partial charge in [0, 0.05) is 13.0 Å². The molecule has 0 spiro atoms. The predicted octanol–water partition coefficient (Wildman–Crippen LogP) is 3.11. The standard InChI is InChI=1S/C19H16Cl2N6O3/c1-26-8-22-18-16(26)19(28)27(9-23-18)6-15-24-17(25-30-15)11-5-14(29-7-11)10-2-3-12(20)13(21)4-10/h2-4,8-9,11,14H,5-7H2,1H3/t11-,14+/m0/s1. The van der Waals surface area contributed by atoms with Crippen LogP contribution < -0.4 is 5.56 Å². The van der Waals surface area contributed by atoms with Gasteiger partial charge in [0.2, 0.25) is 5.89 Å². The molecule has 1 aliphatic rings. The van der Waals surface area contributed by atoms with Gasteiger partial charge >= 0.3 is 0 Å². The van der Waals surface area contributed by atoms with E-state index in [-0.39, 0.29) is 24.1 Å². The Morgan fingerprint density at radius 2 is 2.03 bits per heavy atom. The molecule has 4 aromatic rings. The Labute approximate surface area is 180 Å². The maximum absolute atomic E-state index is 12.7. The molecule has 11 heteroatoms. The quantitative estimate of drug-likeness (QED) is 0.474. The van der Waals surface area contributed by atoms with Crippen LogP contribution >= 0.6 is 23.2 Å². The molecule has 1 saturated heterocycles. The second kappa shape index (κ2) is 7.50. The number of aryl methyl sites for hydroxylation is 1. The third kappa shape index (κ3) is 3.38. The fourth-order valence-electron chi connectivity index (χ4n) is 3.58. The van der Waals surface area contributed by atoms with Gasteiger partial charge in [-0.1, -0.05) is 34.4 Å². The molecule has 30 heavy (non-hydrogen) atoms. The Balaban J connectivity index is 1.33. The molecule has 0 saturated carbocycles. The number of hydrogen-bond acceptors (Lipinski definition) is 7. The summed E-state index contributed by atoms with van der Waals surface area (Å²) in [5.74, 6) is 0.861. The first-order chi connectivity index (χ1) is 14.5. The van der Waals surface area contributed by atoms with Gasteiger partial charge in [0.1, 0.15) is 12.9 Å². The van der Waals surface area contributed by atoms with E-state index >= 15 is 0 Å². The van der Waals surface area contributed by atoms with Crippen LogP contribution in [0.25, 0.3) is 11.2 Å². The molecule has 0 amide bonds. The van der Waals surface area contributed by atoms with Crippen molar-refractivity contribution in [2.45, 2.75) is 25.0 Å². The van der Waals surface area contributed by atoms with Gasteiger partial charge in [0.15, 0.2) is 17.0 Å². The number of ether oxygens (including phenoxy) is 1. The topological polar surface area (TPSA) is 101 Å². The zero-order valence-electron chi connectivity index (χ0n) is 15.8. The number of aromatic nitrogens is 6. The Bertz CT molecular complexity index is 1300. The van der Waals surface area contributed by atoms with Crippen molar-refractivity contribution in [1.29, 1.82) is 0 Å². The average Bonchev–Trinajstić information content (AvgIpc) is 3.46. The molecule has 0 unspecified atom stereocenters. The minimum Gasteiger partial charge on any atom is -0.373 e. The van der Waals surface area contributed by atoms with Crippen LogP contribution in [0.3, 0.4) is 0 Å². The molecule has 1 aromatic carbocycles. The van der Waals surface area contributed by atoms with Crippen LogP contribution in [0, 0.1) is 0 Å². The highest BCUT2D eigenvalue weighted by molar-refractivity contribution is 6.42. The number of halogens is 2. The normalized spacial score (nSPS) is 19.0. The molecule has 1 aliphatic heterocycles. The van der Waals surface area contributed by atoms with Crippen molar-refractivity contribution >= 4 is 34.4 Å². The van der Waals surface area contributed by atoms with E-state index in [0.29, 0.717) is 46.0 Å². The lowest BCUT2D eigenvalue weighted by molar-refractivity contribution is 0.110.